The Balaban J connectivity index is 2.25. The summed E-state index contributed by atoms with van der Waals surface area (Å²) in [6.45, 7) is 2.06. The van der Waals surface area contributed by atoms with Gasteiger partial charge in [0.05, 0.1) is 18.1 Å². The molecule has 0 heterocycles. The lowest BCUT2D eigenvalue weighted by Crippen LogP contribution is -2.16. The normalized spacial score (nSPS) is 9.89. The molecule has 18 heavy (non-hydrogen) atoms. The van der Waals surface area contributed by atoms with Crippen LogP contribution in [0.25, 0.3) is 0 Å². The number of amides is 1. The highest BCUT2D eigenvalue weighted by Gasteiger charge is 2.06. The van der Waals surface area contributed by atoms with E-state index in [4.69, 9.17) is 4.74 Å². The van der Waals surface area contributed by atoms with Crippen LogP contribution in [0.4, 0.5) is 10.1 Å². The minimum absolute atomic E-state index is 0.144. The molecule has 0 aliphatic rings. The molecule has 1 amide bonds. The van der Waals surface area contributed by atoms with Crippen LogP contribution in [0.5, 0.6) is 0 Å². The van der Waals surface area contributed by atoms with Crippen molar-refractivity contribution < 1.29 is 18.7 Å². The summed E-state index contributed by atoms with van der Waals surface area (Å²) in [6, 6.07) is 5.48. The Kier molecular flexibility index (Phi) is 6.21. The fourth-order valence-corrected chi connectivity index (χ4v) is 1.77. The maximum Gasteiger partial charge on any atom is 0.315 e. The number of carbonyl (C=O) groups is 2. The number of hydrogen-bond donors (Lipinski definition) is 1. The number of nitrogens with one attached hydrogen (secondary N) is 1. The van der Waals surface area contributed by atoms with Crippen molar-refractivity contribution in [3.8, 4) is 0 Å². The van der Waals surface area contributed by atoms with Gasteiger partial charge in [0.1, 0.15) is 5.82 Å². The first-order valence-corrected chi connectivity index (χ1v) is 6.56. The summed E-state index contributed by atoms with van der Waals surface area (Å²) in [7, 11) is 0. The molecule has 1 aromatic rings. The summed E-state index contributed by atoms with van der Waals surface area (Å²) < 4.78 is 17.3. The van der Waals surface area contributed by atoms with Crippen molar-refractivity contribution in [1.82, 2.24) is 0 Å². The van der Waals surface area contributed by atoms with Gasteiger partial charge in [0, 0.05) is 5.69 Å². The monoisotopic (exact) mass is 271 g/mol. The molecule has 6 heteroatoms. The number of benzene rings is 1. The number of carbonyl (C=O) groups excluding carboxylic acids is 2. The molecule has 0 bridgehead atoms. The number of thioether (sulfide) groups is 1. The first-order chi connectivity index (χ1) is 8.61. The van der Waals surface area contributed by atoms with Crippen LogP contribution in [-0.4, -0.2) is 30.0 Å². The minimum Gasteiger partial charge on any atom is -0.465 e. The van der Waals surface area contributed by atoms with Crippen LogP contribution in [0.2, 0.25) is 0 Å². The first-order valence-electron chi connectivity index (χ1n) is 5.40. The maximum atomic E-state index is 12.6. The molecule has 1 N–H and O–H groups in total. The van der Waals surface area contributed by atoms with Crippen LogP contribution in [-0.2, 0) is 14.3 Å². The number of anilines is 1. The van der Waals surface area contributed by atoms with Crippen molar-refractivity contribution in [3.05, 3.63) is 30.1 Å². The van der Waals surface area contributed by atoms with E-state index in [1.165, 1.54) is 36.0 Å². The van der Waals surface area contributed by atoms with Crippen molar-refractivity contribution >= 4 is 29.3 Å². The van der Waals surface area contributed by atoms with E-state index >= 15 is 0 Å². The second-order valence-corrected chi connectivity index (χ2v) is 4.34. The van der Waals surface area contributed by atoms with E-state index in [0.717, 1.165) is 0 Å². The zero-order valence-corrected chi connectivity index (χ0v) is 10.8. The Morgan fingerprint density at radius 2 is 1.94 bits per heavy atom. The lowest BCUT2D eigenvalue weighted by Gasteiger charge is -2.05. The van der Waals surface area contributed by atoms with Crippen LogP contribution in [0.3, 0.4) is 0 Å². The topological polar surface area (TPSA) is 55.4 Å². The summed E-state index contributed by atoms with van der Waals surface area (Å²) in [6.07, 6.45) is 0. The van der Waals surface area contributed by atoms with Crippen molar-refractivity contribution in [1.29, 1.82) is 0 Å². The number of esters is 1. The molecule has 0 aromatic heterocycles. The zero-order chi connectivity index (χ0) is 13.4. The van der Waals surface area contributed by atoms with Crippen LogP contribution >= 0.6 is 11.8 Å². The number of hydrogen-bond acceptors (Lipinski definition) is 4. The number of ether oxygens (including phenoxy) is 1. The molecule has 0 fully saturated rings. The van der Waals surface area contributed by atoms with Gasteiger partial charge < -0.3 is 10.1 Å². The van der Waals surface area contributed by atoms with Gasteiger partial charge in [0.15, 0.2) is 0 Å². The average Bonchev–Trinajstić information content (AvgIpc) is 2.32. The van der Waals surface area contributed by atoms with E-state index < -0.39 is 0 Å². The van der Waals surface area contributed by atoms with Gasteiger partial charge in [0.2, 0.25) is 5.91 Å². The molecule has 0 radical (unpaired) electrons. The molecule has 0 saturated heterocycles. The smallest absolute Gasteiger partial charge is 0.315 e. The summed E-state index contributed by atoms with van der Waals surface area (Å²) in [5.74, 6) is -0.640. The van der Waals surface area contributed by atoms with E-state index in [-0.39, 0.29) is 29.2 Å². The Morgan fingerprint density at radius 1 is 1.28 bits per heavy atom. The fraction of sp³-hybridized carbons (Fsp3) is 0.333. The lowest BCUT2D eigenvalue weighted by atomic mass is 10.3. The van der Waals surface area contributed by atoms with Crippen LogP contribution in [0, 0.1) is 5.82 Å². The molecule has 1 rings (SSSR count). The van der Waals surface area contributed by atoms with Gasteiger partial charge in [-0.05, 0) is 31.2 Å². The molecule has 0 spiro atoms. The fourth-order valence-electron chi connectivity index (χ4n) is 1.16. The Bertz CT molecular complexity index is 408. The highest BCUT2D eigenvalue weighted by Crippen LogP contribution is 2.09. The Morgan fingerprint density at radius 3 is 2.56 bits per heavy atom. The predicted molar refractivity (Wildman–Crippen MR) is 69.0 cm³/mol. The molecular weight excluding hydrogens is 257 g/mol. The third-order valence-electron chi connectivity index (χ3n) is 1.89. The summed E-state index contributed by atoms with van der Waals surface area (Å²) >= 11 is 1.17. The molecule has 0 atom stereocenters. The summed E-state index contributed by atoms with van der Waals surface area (Å²) in [5.41, 5.74) is 0.526. The predicted octanol–water partition coefficient (Wildman–Crippen LogP) is 2.06. The highest BCUT2D eigenvalue weighted by atomic mass is 32.2. The summed E-state index contributed by atoms with van der Waals surface area (Å²) in [4.78, 5) is 22.5. The van der Waals surface area contributed by atoms with Crippen LogP contribution in [0.15, 0.2) is 24.3 Å². The Labute approximate surface area is 109 Å². The van der Waals surface area contributed by atoms with E-state index in [1.54, 1.807) is 6.92 Å². The highest BCUT2D eigenvalue weighted by molar-refractivity contribution is 8.00. The maximum absolute atomic E-state index is 12.6. The van der Waals surface area contributed by atoms with E-state index in [9.17, 15) is 14.0 Å². The molecular formula is C12H14FNO3S. The SMILES string of the molecule is CCOC(=O)CSCC(=O)Nc1ccc(F)cc1. The van der Waals surface area contributed by atoms with Gasteiger partial charge in [-0.25, -0.2) is 4.39 Å². The van der Waals surface area contributed by atoms with Crippen molar-refractivity contribution in [2.24, 2.45) is 0 Å². The largest absolute Gasteiger partial charge is 0.465 e. The van der Waals surface area contributed by atoms with Crippen LogP contribution < -0.4 is 5.32 Å². The minimum atomic E-state index is -0.357. The molecule has 0 saturated carbocycles. The Hall–Kier alpha value is -1.56. The second kappa shape index (κ2) is 7.71. The van der Waals surface area contributed by atoms with Gasteiger partial charge in [0.25, 0.3) is 0 Å². The van der Waals surface area contributed by atoms with Crippen molar-refractivity contribution in [2.75, 3.05) is 23.4 Å². The number of rotatable bonds is 6. The molecule has 4 nitrogen and oxygen atoms in total. The molecule has 0 aliphatic carbocycles. The summed E-state index contributed by atoms with van der Waals surface area (Å²) in [5, 5.41) is 2.60. The van der Waals surface area contributed by atoms with Gasteiger partial charge in [-0.1, -0.05) is 0 Å². The first kappa shape index (κ1) is 14.5. The van der Waals surface area contributed by atoms with E-state index in [1.807, 2.05) is 0 Å². The van der Waals surface area contributed by atoms with Gasteiger partial charge >= 0.3 is 5.97 Å². The third-order valence-corrected chi connectivity index (χ3v) is 2.79. The van der Waals surface area contributed by atoms with Crippen LogP contribution in [0.1, 0.15) is 6.92 Å². The molecule has 0 aliphatic heterocycles. The lowest BCUT2D eigenvalue weighted by molar-refractivity contribution is -0.139. The van der Waals surface area contributed by atoms with E-state index in [0.29, 0.717) is 12.3 Å². The second-order valence-electron chi connectivity index (χ2n) is 3.35. The standard InChI is InChI=1S/C12H14FNO3S/c1-2-17-12(16)8-18-7-11(15)14-10-5-3-9(13)4-6-10/h3-6H,2,7-8H2,1H3,(H,14,15). The molecule has 98 valence electrons. The number of halogens is 1. The third kappa shape index (κ3) is 5.67. The van der Waals surface area contributed by atoms with Gasteiger partial charge in [-0.3, -0.25) is 9.59 Å². The van der Waals surface area contributed by atoms with Crippen molar-refractivity contribution in [3.63, 3.8) is 0 Å². The van der Waals surface area contributed by atoms with E-state index in [2.05, 4.69) is 5.32 Å². The zero-order valence-electron chi connectivity index (χ0n) is 9.94. The quantitative estimate of drug-likeness (QED) is 0.805. The molecule has 0 unspecified atom stereocenters. The van der Waals surface area contributed by atoms with Gasteiger partial charge in [-0.2, -0.15) is 0 Å². The van der Waals surface area contributed by atoms with Gasteiger partial charge in [-0.15, -0.1) is 11.8 Å². The van der Waals surface area contributed by atoms with Crippen molar-refractivity contribution in [2.45, 2.75) is 6.92 Å². The molecule has 1 aromatic carbocycles. The average molecular weight is 271 g/mol.